The first-order valence-corrected chi connectivity index (χ1v) is 9.97. The fourth-order valence-corrected chi connectivity index (χ4v) is 4.23. The van der Waals surface area contributed by atoms with Gasteiger partial charge in [0, 0.05) is 19.1 Å². The second-order valence-corrected chi connectivity index (χ2v) is 8.17. The van der Waals surface area contributed by atoms with Gasteiger partial charge in [0.25, 0.3) is 0 Å². The van der Waals surface area contributed by atoms with Crippen LogP contribution in [0.3, 0.4) is 0 Å². The molecule has 2 rings (SSSR count). The monoisotopic (exact) mass is 424 g/mol. The molecule has 1 heterocycles. The van der Waals surface area contributed by atoms with E-state index in [0.717, 1.165) is 44.1 Å². The van der Waals surface area contributed by atoms with Crippen molar-refractivity contribution in [1.82, 2.24) is 10.0 Å². The minimum atomic E-state index is -3.98. The molecule has 2 N–H and O–H groups in total. The highest BCUT2D eigenvalue weighted by Crippen LogP contribution is 2.29. The van der Waals surface area contributed by atoms with Crippen molar-refractivity contribution in [1.29, 1.82) is 0 Å². The fraction of sp³-hybridized carbons (Fsp3) is 0.588. The summed E-state index contributed by atoms with van der Waals surface area (Å²) in [5.74, 6) is -1.58. The summed E-state index contributed by atoms with van der Waals surface area (Å²) in [5.41, 5.74) is -0.453. The summed E-state index contributed by atoms with van der Waals surface area (Å²) in [4.78, 5) is 11.5. The lowest BCUT2D eigenvalue weighted by atomic mass is 9.80. The Morgan fingerprint density at radius 2 is 1.96 bits per heavy atom. The van der Waals surface area contributed by atoms with Crippen LogP contribution in [0.5, 0.6) is 0 Å². The quantitative estimate of drug-likeness (QED) is 0.617. The highest BCUT2D eigenvalue weighted by molar-refractivity contribution is 7.89. The molecule has 1 saturated heterocycles. The van der Waals surface area contributed by atoms with E-state index in [9.17, 15) is 17.6 Å². The number of carbonyl (C=O) groups excluding carboxylic acids is 1. The van der Waals surface area contributed by atoms with Crippen LogP contribution in [0.1, 0.15) is 30.1 Å². The zero-order valence-electron chi connectivity index (χ0n) is 15.4. The van der Waals surface area contributed by atoms with E-state index in [1.807, 2.05) is 0 Å². The Bertz CT molecular complexity index is 733. The maximum atomic E-state index is 13.8. The highest BCUT2D eigenvalue weighted by atomic mass is 35.5. The molecule has 0 saturated carbocycles. The standard InChI is InChI=1S/C17H25FN2O5S.ClH/c1-3-25-16(21)13-8-14(18)10-15(9-13)26(22,23)20-11-17(12-24-2)4-6-19-7-5-17;/h8-10,19-20H,3-7,11-12H2,1-2H3;1H. The molecule has 154 valence electrons. The van der Waals surface area contributed by atoms with Crippen LogP contribution in [0, 0.1) is 11.2 Å². The predicted octanol–water partition coefficient (Wildman–Crippen LogP) is 1.72. The van der Waals surface area contributed by atoms with Crippen molar-refractivity contribution in [2.75, 3.05) is 40.0 Å². The molecule has 27 heavy (non-hydrogen) atoms. The van der Waals surface area contributed by atoms with Crippen molar-refractivity contribution in [3.05, 3.63) is 29.6 Å². The molecule has 0 unspecified atom stereocenters. The summed E-state index contributed by atoms with van der Waals surface area (Å²) in [7, 11) is -2.40. The van der Waals surface area contributed by atoms with Gasteiger partial charge in [0.2, 0.25) is 10.0 Å². The Labute approximate surface area is 165 Å². The van der Waals surface area contributed by atoms with Crippen LogP contribution in [0.15, 0.2) is 23.1 Å². The minimum absolute atomic E-state index is 0. The molecule has 0 aliphatic carbocycles. The van der Waals surface area contributed by atoms with E-state index in [-0.39, 0.29) is 41.4 Å². The van der Waals surface area contributed by atoms with Crippen LogP contribution < -0.4 is 10.0 Å². The number of hydrogen-bond donors (Lipinski definition) is 2. The minimum Gasteiger partial charge on any atom is -0.462 e. The Kier molecular flexibility index (Phi) is 9.10. The van der Waals surface area contributed by atoms with Crippen molar-refractivity contribution in [2.24, 2.45) is 5.41 Å². The van der Waals surface area contributed by atoms with E-state index >= 15 is 0 Å². The first-order chi connectivity index (χ1) is 12.3. The van der Waals surface area contributed by atoms with Gasteiger partial charge in [-0.2, -0.15) is 0 Å². The maximum Gasteiger partial charge on any atom is 0.338 e. The Morgan fingerprint density at radius 1 is 1.30 bits per heavy atom. The van der Waals surface area contributed by atoms with Gasteiger partial charge in [-0.25, -0.2) is 22.3 Å². The van der Waals surface area contributed by atoms with Crippen LogP contribution in [-0.2, 0) is 19.5 Å². The van der Waals surface area contributed by atoms with Gasteiger partial charge in [0.15, 0.2) is 0 Å². The van der Waals surface area contributed by atoms with Crippen molar-refractivity contribution >= 4 is 28.4 Å². The summed E-state index contributed by atoms with van der Waals surface area (Å²) in [6, 6.07) is 2.96. The first kappa shape index (κ1) is 23.8. The number of ether oxygens (including phenoxy) is 2. The summed E-state index contributed by atoms with van der Waals surface area (Å²) in [6.07, 6.45) is 1.53. The third-order valence-electron chi connectivity index (χ3n) is 4.44. The van der Waals surface area contributed by atoms with E-state index in [0.29, 0.717) is 6.61 Å². The largest absolute Gasteiger partial charge is 0.462 e. The van der Waals surface area contributed by atoms with Gasteiger partial charge in [-0.15, -0.1) is 12.4 Å². The van der Waals surface area contributed by atoms with Gasteiger partial charge in [-0.1, -0.05) is 0 Å². The molecule has 10 heteroatoms. The number of esters is 1. The Morgan fingerprint density at radius 3 is 2.56 bits per heavy atom. The van der Waals surface area contributed by atoms with Crippen molar-refractivity contribution in [3.63, 3.8) is 0 Å². The molecule has 1 aliphatic heterocycles. The molecule has 0 spiro atoms. The zero-order valence-corrected chi connectivity index (χ0v) is 17.1. The van der Waals surface area contributed by atoms with Crippen LogP contribution in [0.4, 0.5) is 4.39 Å². The molecule has 0 atom stereocenters. The number of rotatable bonds is 8. The highest BCUT2D eigenvalue weighted by Gasteiger charge is 2.33. The number of carbonyl (C=O) groups is 1. The average molecular weight is 425 g/mol. The second kappa shape index (κ2) is 10.3. The Balaban J connectivity index is 0.00000364. The first-order valence-electron chi connectivity index (χ1n) is 8.49. The van der Waals surface area contributed by atoms with Crippen molar-refractivity contribution in [2.45, 2.75) is 24.7 Å². The molecule has 1 aromatic carbocycles. The maximum absolute atomic E-state index is 13.8. The van der Waals surface area contributed by atoms with Gasteiger partial charge < -0.3 is 14.8 Å². The van der Waals surface area contributed by atoms with Crippen LogP contribution in [0.25, 0.3) is 0 Å². The molecule has 1 aliphatic rings. The molecule has 0 amide bonds. The molecule has 0 radical (unpaired) electrons. The summed E-state index contributed by atoms with van der Waals surface area (Å²) in [6.45, 7) is 3.88. The fourth-order valence-electron chi connectivity index (χ4n) is 3.02. The normalized spacial score (nSPS) is 16.4. The molecular formula is C17H26ClFN2O5S. The number of benzene rings is 1. The van der Waals surface area contributed by atoms with Gasteiger partial charge in [0.05, 0.1) is 23.7 Å². The van der Waals surface area contributed by atoms with E-state index in [4.69, 9.17) is 9.47 Å². The lowest BCUT2D eigenvalue weighted by Gasteiger charge is -2.37. The van der Waals surface area contributed by atoms with Crippen LogP contribution in [0.2, 0.25) is 0 Å². The van der Waals surface area contributed by atoms with E-state index < -0.39 is 21.8 Å². The molecule has 7 nitrogen and oxygen atoms in total. The van der Waals surface area contributed by atoms with E-state index in [1.54, 1.807) is 14.0 Å². The molecule has 0 aromatic heterocycles. The Hall–Kier alpha value is -1.26. The molecule has 1 fully saturated rings. The van der Waals surface area contributed by atoms with Crippen LogP contribution in [-0.4, -0.2) is 54.3 Å². The number of piperidine rings is 1. The number of nitrogens with one attached hydrogen (secondary N) is 2. The van der Waals surface area contributed by atoms with Gasteiger partial charge in [-0.05, 0) is 51.1 Å². The lowest BCUT2D eigenvalue weighted by molar-refractivity contribution is 0.0525. The van der Waals surface area contributed by atoms with Crippen LogP contribution >= 0.6 is 12.4 Å². The topological polar surface area (TPSA) is 93.7 Å². The van der Waals surface area contributed by atoms with Gasteiger partial charge in [-0.3, -0.25) is 0 Å². The lowest BCUT2D eigenvalue weighted by Crippen LogP contribution is -2.47. The van der Waals surface area contributed by atoms with Gasteiger partial charge in [0.1, 0.15) is 5.82 Å². The molecule has 0 bridgehead atoms. The molecule has 1 aromatic rings. The summed E-state index contributed by atoms with van der Waals surface area (Å²) in [5, 5.41) is 3.23. The average Bonchev–Trinajstić information content (AvgIpc) is 2.61. The SMILES string of the molecule is CCOC(=O)c1cc(F)cc(S(=O)(=O)NCC2(COC)CCNCC2)c1.Cl. The number of hydrogen-bond acceptors (Lipinski definition) is 6. The van der Waals surface area contributed by atoms with Crippen molar-refractivity contribution in [3.8, 4) is 0 Å². The van der Waals surface area contributed by atoms with Gasteiger partial charge >= 0.3 is 5.97 Å². The zero-order chi connectivity index (χ0) is 19.2. The third-order valence-corrected chi connectivity index (χ3v) is 5.83. The number of sulfonamides is 1. The smallest absolute Gasteiger partial charge is 0.338 e. The number of methoxy groups -OCH3 is 1. The molecular weight excluding hydrogens is 399 g/mol. The number of halogens is 2. The predicted molar refractivity (Wildman–Crippen MR) is 101 cm³/mol. The van der Waals surface area contributed by atoms with E-state index in [1.165, 1.54) is 0 Å². The van der Waals surface area contributed by atoms with Crippen molar-refractivity contribution < 1.29 is 27.1 Å². The van der Waals surface area contributed by atoms with E-state index in [2.05, 4.69) is 10.0 Å². The summed E-state index contributed by atoms with van der Waals surface area (Å²) >= 11 is 0. The third kappa shape index (κ3) is 6.39. The summed E-state index contributed by atoms with van der Waals surface area (Å²) < 4.78 is 51.7. The second-order valence-electron chi connectivity index (χ2n) is 6.40.